The molecule has 41 heteroatoms. The molecule has 4 fully saturated rings. The summed E-state index contributed by atoms with van der Waals surface area (Å²) >= 11 is 27.5. The van der Waals surface area contributed by atoms with Crippen molar-refractivity contribution in [3.63, 3.8) is 0 Å². The van der Waals surface area contributed by atoms with Gasteiger partial charge in [0.2, 0.25) is 6.41 Å². The SMILES string of the molecule is C1CCOCC1.CC(=O)c1ccccc1.CCOC(=O)c1c(-c2ccccn2)csc1N.CN(C)C1CCC(Nc2ncnc3scc(-c4ccccn4)c23)CC1.Clc1ncnc2scc(-c3ccccn3)c12.NC1CCC(N)CC1.NC1CCC(Nc2ncnc3scc(-c4ccccn4)c23)CC1.NC=O.O=P(Cl)(Cl)Cl.O=c1[nH]cnc2scc(-c3ccccn3)c12.[C-]#[N+]CC(=O)OCC. The first-order valence-corrected chi connectivity index (χ1v) is 52.8. The Balaban J connectivity index is 0.000000175. The smallest absolute Gasteiger partial charge is 0.387 e. The van der Waals surface area contributed by atoms with E-state index in [4.69, 9.17) is 55.4 Å². The minimum atomic E-state index is -3.22. The van der Waals surface area contributed by atoms with Crippen LogP contribution in [0, 0.1) is 6.57 Å². The van der Waals surface area contributed by atoms with E-state index >= 15 is 0 Å². The number of rotatable bonds is 15. The van der Waals surface area contributed by atoms with Gasteiger partial charge < -0.3 is 68.2 Å². The van der Waals surface area contributed by atoms with E-state index in [9.17, 15) is 23.7 Å². The number of hydrogen-bond acceptors (Lipinski definition) is 33. The second-order valence-corrected chi connectivity index (χ2v) is 42.0. The van der Waals surface area contributed by atoms with Crippen LogP contribution >= 0.6 is 107 Å². The third kappa shape index (κ3) is 35.4. The van der Waals surface area contributed by atoms with Crippen LogP contribution < -0.4 is 44.9 Å². The fourth-order valence-corrected chi connectivity index (χ4v) is 18.9. The van der Waals surface area contributed by atoms with Crippen LogP contribution in [0.5, 0.6) is 0 Å². The molecular weight excluding hydrogens is 1930 g/mol. The molecule has 15 heterocycles. The summed E-state index contributed by atoms with van der Waals surface area (Å²) in [5.74, 6) is 1.14. The summed E-state index contributed by atoms with van der Waals surface area (Å²) in [6.07, 6.45) is 32.8. The van der Waals surface area contributed by atoms with Crippen LogP contribution in [-0.2, 0) is 28.4 Å². The first-order valence-electron chi connectivity index (χ1n) is 43.6. The number of anilines is 3. The molecule has 31 nitrogen and oxygen atoms in total. The van der Waals surface area contributed by atoms with Gasteiger partial charge in [-0.3, -0.25) is 43.9 Å². The van der Waals surface area contributed by atoms with Crippen LogP contribution in [0.2, 0.25) is 5.15 Å². The molecule has 1 aliphatic heterocycles. The number of benzene rings is 1. The number of thiophene rings is 5. The second-order valence-electron chi connectivity index (χ2n) is 30.6. The summed E-state index contributed by atoms with van der Waals surface area (Å²) in [7, 11) is 4.35. The van der Waals surface area contributed by atoms with Crippen molar-refractivity contribution in [1.82, 2.24) is 69.7 Å². The number of ketones is 1. The van der Waals surface area contributed by atoms with E-state index < -0.39 is 17.1 Å². The molecule has 0 spiro atoms. The maximum Gasteiger partial charge on any atom is 0.387 e. The van der Waals surface area contributed by atoms with Crippen molar-refractivity contribution in [1.29, 1.82) is 0 Å². The van der Waals surface area contributed by atoms with Gasteiger partial charge in [0.1, 0.15) is 65.7 Å². The molecule has 4 aliphatic rings. The number of hydrogen-bond donors (Lipinski definition) is 8. The highest BCUT2D eigenvalue weighted by Gasteiger charge is 2.27. The summed E-state index contributed by atoms with van der Waals surface area (Å²) in [4.78, 5) is 116. The number of nitrogen functional groups attached to an aromatic ring is 1. The molecule has 136 heavy (non-hydrogen) atoms. The normalized spacial score (nSPS) is 16.2. The van der Waals surface area contributed by atoms with Gasteiger partial charge in [0.25, 0.3) is 5.56 Å². The molecule has 0 atom stereocenters. The molecule has 1 aromatic carbocycles. The van der Waals surface area contributed by atoms with Gasteiger partial charge in [-0.1, -0.05) is 72.3 Å². The molecule has 1 amide bonds. The number of carbonyl (C=O) groups excluding carboxylic acids is 4. The van der Waals surface area contributed by atoms with Gasteiger partial charge in [0.15, 0.2) is 5.78 Å². The highest BCUT2D eigenvalue weighted by molar-refractivity contribution is 8.24. The Kier molecular flexibility index (Phi) is 46.6. The van der Waals surface area contributed by atoms with Crippen molar-refractivity contribution in [2.24, 2.45) is 22.9 Å². The van der Waals surface area contributed by atoms with Gasteiger partial charge in [-0.05, 0) is 226 Å². The lowest BCUT2D eigenvalue weighted by molar-refractivity contribution is -0.140. The highest BCUT2D eigenvalue weighted by Crippen LogP contribution is 2.61. The number of carbonyl (C=O) groups is 4. The van der Waals surface area contributed by atoms with E-state index in [0.29, 0.717) is 70.6 Å². The van der Waals surface area contributed by atoms with E-state index in [1.807, 2.05) is 150 Å². The predicted molar refractivity (Wildman–Crippen MR) is 555 cm³/mol. The average Bonchev–Trinajstić information content (AvgIpc) is 1.65. The van der Waals surface area contributed by atoms with Crippen LogP contribution in [0.15, 0.2) is 209 Å². The van der Waals surface area contributed by atoms with E-state index in [1.165, 1.54) is 80.3 Å². The summed E-state index contributed by atoms with van der Waals surface area (Å²) in [5.41, 5.74) is 37.5. The third-order valence-electron chi connectivity index (χ3n) is 20.9. The summed E-state index contributed by atoms with van der Waals surface area (Å²) in [5, 5.41) is 18.7. The monoisotopic (exact) mass is 2030 g/mol. The quantitative estimate of drug-likeness (QED) is 0.0118. The molecular formula is C95H109Cl4N22O9PS5. The number of fused-ring (bicyclic) bond motifs is 4. The maximum absolute atomic E-state index is 11.8. The van der Waals surface area contributed by atoms with Crippen molar-refractivity contribution in [2.45, 2.75) is 153 Å². The van der Waals surface area contributed by atoms with Crippen molar-refractivity contribution in [3.05, 3.63) is 243 Å². The second kappa shape index (κ2) is 58.4. The Bertz CT molecular complexity index is 6240. The first-order chi connectivity index (χ1) is 65.8. The van der Waals surface area contributed by atoms with Crippen LogP contribution in [-0.4, -0.2) is 177 Å². The minimum Gasteiger partial charge on any atom is -0.462 e. The lowest BCUT2D eigenvalue weighted by Crippen LogP contribution is -2.36. The predicted octanol–water partition coefficient (Wildman–Crippen LogP) is 21.2. The largest absolute Gasteiger partial charge is 0.462 e. The summed E-state index contributed by atoms with van der Waals surface area (Å²) < 4.78 is 24.0. The number of aromatic amines is 1. The number of nitrogens with two attached hydrogens (primary N) is 5. The number of ether oxygens (including phenoxy) is 3. The fourth-order valence-electron chi connectivity index (χ4n) is 14.2. The molecule has 13 N–H and O–H groups in total. The topological polar surface area (TPSA) is 462 Å². The number of primary amides is 1. The Labute approximate surface area is 828 Å². The lowest BCUT2D eigenvalue weighted by atomic mass is 9.90. The Hall–Kier alpha value is -11.2. The zero-order chi connectivity index (χ0) is 97.6. The van der Waals surface area contributed by atoms with Gasteiger partial charge in [-0.25, -0.2) is 51.0 Å². The molecule has 19 rings (SSSR count). The molecule has 0 radical (unpaired) electrons. The van der Waals surface area contributed by atoms with Crippen molar-refractivity contribution >= 4 is 189 Å². The molecule has 0 unspecified atom stereocenters. The highest BCUT2D eigenvalue weighted by atomic mass is 36.0. The van der Waals surface area contributed by atoms with Crippen molar-refractivity contribution in [3.8, 4) is 56.3 Å². The molecule has 1 saturated heterocycles. The molecule has 716 valence electrons. The van der Waals surface area contributed by atoms with E-state index in [-0.39, 0.29) is 24.3 Å². The van der Waals surface area contributed by atoms with Crippen LogP contribution in [0.1, 0.15) is 138 Å². The van der Waals surface area contributed by atoms with Crippen LogP contribution in [0.25, 0.3) is 102 Å². The summed E-state index contributed by atoms with van der Waals surface area (Å²) in [6, 6.07) is 41.0. The molecule has 3 aliphatic carbocycles. The zero-order valence-electron chi connectivity index (χ0n) is 75.6. The number of aromatic nitrogens is 13. The van der Waals surface area contributed by atoms with Gasteiger partial charge in [0, 0.05) is 141 Å². The van der Waals surface area contributed by atoms with Gasteiger partial charge in [-0.15, -0.1) is 56.7 Å². The number of esters is 2. The minimum absolute atomic E-state index is 0.119. The Morgan fingerprint density at radius 3 is 1.26 bits per heavy atom. The number of halogens is 4. The lowest BCUT2D eigenvalue weighted by Gasteiger charge is -2.33. The van der Waals surface area contributed by atoms with E-state index in [1.54, 1.807) is 86.0 Å². The van der Waals surface area contributed by atoms with Gasteiger partial charge in [0.05, 0.1) is 69.6 Å². The number of Topliss-reactive ketones (excluding diaryl/α,β-unsaturated/α-hetero) is 1. The summed E-state index contributed by atoms with van der Waals surface area (Å²) in [6.45, 7) is 13.8. The average molecular weight is 2040 g/mol. The van der Waals surface area contributed by atoms with E-state index in [0.717, 1.165) is 174 Å². The molecule has 0 bridgehead atoms. The molecule has 3 saturated carbocycles. The third-order valence-corrected chi connectivity index (χ3v) is 25.6. The molecule has 15 aromatic rings. The number of nitrogens with one attached hydrogen (secondary N) is 3. The Morgan fingerprint density at radius 1 is 0.522 bits per heavy atom. The first kappa shape index (κ1) is 108. The van der Waals surface area contributed by atoms with Crippen LogP contribution in [0.3, 0.4) is 0 Å². The number of pyridine rings is 5. The Morgan fingerprint density at radius 2 is 0.890 bits per heavy atom. The van der Waals surface area contributed by atoms with E-state index in [2.05, 4.69) is 154 Å². The maximum atomic E-state index is 11.8. The zero-order valence-corrected chi connectivity index (χ0v) is 83.6. The number of amides is 1. The standard InChI is InChI=1S/C19H23N5S.C17H19N5S.C12H12N2O2S.C11H6ClN3S.C11H7N3OS.C8H8O.C6H14N2.C5H7NO2.C5H10O.CH3NO.Cl3OP/c1-24(2)14-8-6-13(7-9-14)23-18-17-15(16-5-3-4-10-20-16)11-25-19(17)22-12-21-18;18-11-4-6-12(7-5-11)22-16-15-13(14-3-1-2-8-19-14)9-23-17(15)21-10-20-16;1-2-16-12(15)10-8(7-17-11(10)13)9-5-3-4-6-14-9;12-10-9-7(8-3-1-2-4-13-8)5-16-11(9)15-6-14-10;15-10-9-7(8-3-1-2-4-12-8)5-16-11(9)14-6-13-10;1-7(9)8-5-3-2-4-6-8;7-5-1-2-6(8)4-3-5;1-3-8-5(7)4-6-2;1-2-4-6-5-3-1;2-1-3;1-5(2,3)4/h3-5,10-14H,6-9H2,1-2H3,(H,21,22,23);1-3,8-12H,4-7,18H2,(H,20,21,22);3-7H,2,13H2,1H3;1-6H;1-6H,(H,13,14,15);2-6H,1H3;5-6H,1-4,7-8H2;3-4H2,1H3;1-5H2;1H,(H2,2,3);. The van der Waals surface area contributed by atoms with Crippen LogP contribution in [0.4, 0.5) is 16.6 Å². The number of nitrogens with zero attached hydrogens (tertiary/aromatic N) is 14. The molecule has 14 aromatic heterocycles. The van der Waals surface area contributed by atoms with Crippen molar-refractivity contribution in [2.75, 3.05) is 63.4 Å². The number of H-pyrrole nitrogens is 1. The van der Waals surface area contributed by atoms with Crippen molar-refractivity contribution < 1.29 is 38.0 Å². The van der Waals surface area contributed by atoms with Gasteiger partial charge >= 0.3 is 23.7 Å². The van der Waals surface area contributed by atoms with Gasteiger partial charge in [-0.2, -0.15) is 0 Å². The fraction of sp³-hybridized carbons (Fsp3) is 0.326.